The van der Waals surface area contributed by atoms with E-state index in [1.54, 1.807) is 4.90 Å². The predicted molar refractivity (Wildman–Crippen MR) is 62.6 cm³/mol. The SMILES string of the molecule is CCN(CCO)C(=O)CC(C)C(C)(C)C. The highest BCUT2D eigenvalue weighted by atomic mass is 16.3. The van der Waals surface area contributed by atoms with E-state index in [4.69, 9.17) is 5.11 Å². The molecular weight excluding hydrogens is 190 g/mol. The van der Waals surface area contributed by atoms with E-state index in [1.807, 2.05) is 6.92 Å². The summed E-state index contributed by atoms with van der Waals surface area (Å²) in [5, 5.41) is 8.82. The van der Waals surface area contributed by atoms with Gasteiger partial charge < -0.3 is 10.0 Å². The molecule has 3 heteroatoms. The number of carbonyl (C=O) groups excluding carboxylic acids is 1. The van der Waals surface area contributed by atoms with Gasteiger partial charge in [0.05, 0.1) is 6.61 Å². The molecule has 0 heterocycles. The Bertz CT molecular complexity index is 196. The number of hydrogen-bond donors (Lipinski definition) is 1. The molecule has 0 aliphatic heterocycles. The van der Waals surface area contributed by atoms with Crippen LogP contribution < -0.4 is 0 Å². The minimum atomic E-state index is 0.0451. The Morgan fingerprint density at radius 3 is 2.27 bits per heavy atom. The predicted octanol–water partition coefficient (Wildman–Crippen LogP) is 1.90. The minimum absolute atomic E-state index is 0.0451. The first-order valence-electron chi connectivity index (χ1n) is 5.71. The second kappa shape index (κ2) is 6.11. The smallest absolute Gasteiger partial charge is 0.222 e. The maximum Gasteiger partial charge on any atom is 0.222 e. The van der Waals surface area contributed by atoms with Crippen LogP contribution in [-0.4, -0.2) is 35.6 Å². The van der Waals surface area contributed by atoms with Gasteiger partial charge in [0.1, 0.15) is 0 Å². The largest absolute Gasteiger partial charge is 0.395 e. The third-order valence-corrected chi connectivity index (χ3v) is 3.06. The highest BCUT2D eigenvalue weighted by Gasteiger charge is 2.24. The van der Waals surface area contributed by atoms with E-state index < -0.39 is 0 Å². The number of rotatable bonds is 5. The molecule has 0 aromatic carbocycles. The summed E-state index contributed by atoms with van der Waals surface area (Å²) in [4.78, 5) is 13.5. The lowest BCUT2D eigenvalue weighted by molar-refractivity contribution is -0.133. The van der Waals surface area contributed by atoms with Gasteiger partial charge in [-0.15, -0.1) is 0 Å². The first-order chi connectivity index (χ1) is 6.82. The van der Waals surface area contributed by atoms with Crippen LogP contribution in [-0.2, 0) is 4.79 Å². The summed E-state index contributed by atoms with van der Waals surface area (Å²) in [5.41, 5.74) is 0.161. The molecule has 0 saturated heterocycles. The second-order valence-electron chi connectivity index (χ2n) is 5.17. The Kier molecular flexibility index (Phi) is 5.88. The summed E-state index contributed by atoms with van der Waals surface area (Å²) in [6, 6.07) is 0. The summed E-state index contributed by atoms with van der Waals surface area (Å²) < 4.78 is 0. The molecule has 90 valence electrons. The first kappa shape index (κ1) is 14.4. The van der Waals surface area contributed by atoms with Crippen molar-refractivity contribution in [2.24, 2.45) is 11.3 Å². The van der Waals surface area contributed by atoms with Crippen LogP contribution in [0.25, 0.3) is 0 Å². The number of hydrogen-bond acceptors (Lipinski definition) is 2. The van der Waals surface area contributed by atoms with Crippen molar-refractivity contribution >= 4 is 5.91 Å². The third-order valence-electron chi connectivity index (χ3n) is 3.06. The average Bonchev–Trinajstić information content (AvgIpc) is 2.12. The van der Waals surface area contributed by atoms with Crippen molar-refractivity contribution in [2.45, 2.75) is 41.0 Å². The van der Waals surface area contributed by atoms with Gasteiger partial charge in [0.2, 0.25) is 5.91 Å². The van der Waals surface area contributed by atoms with Crippen LogP contribution in [0.4, 0.5) is 0 Å². The van der Waals surface area contributed by atoms with Gasteiger partial charge >= 0.3 is 0 Å². The van der Waals surface area contributed by atoms with Crippen molar-refractivity contribution in [3.8, 4) is 0 Å². The number of carbonyl (C=O) groups is 1. The molecule has 0 aromatic rings. The monoisotopic (exact) mass is 215 g/mol. The van der Waals surface area contributed by atoms with Crippen molar-refractivity contribution in [1.29, 1.82) is 0 Å². The van der Waals surface area contributed by atoms with E-state index in [2.05, 4.69) is 27.7 Å². The quantitative estimate of drug-likeness (QED) is 0.761. The van der Waals surface area contributed by atoms with Gasteiger partial charge in [0, 0.05) is 19.5 Å². The van der Waals surface area contributed by atoms with Gasteiger partial charge in [-0.1, -0.05) is 27.7 Å². The molecule has 0 fully saturated rings. The van der Waals surface area contributed by atoms with Crippen LogP contribution >= 0.6 is 0 Å². The zero-order valence-electron chi connectivity index (χ0n) is 10.7. The topological polar surface area (TPSA) is 40.5 Å². The Hall–Kier alpha value is -0.570. The number of aliphatic hydroxyl groups excluding tert-OH is 1. The molecule has 0 aromatic heterocycles. The average molecular weight is 215 g/mol. The molecule has 0 saturated carbocycles. The van der Waals surface area contributed by atoms with Crippen LogP contribution in [0.5, 0.6) is 0 Å². The minimum Gasteiger partial charge on any atom is -0.395 e. The molecule has 1 atom stereocenters. The lowest BCUT2D eigenvalue weighted by atomic mass is 9.80. The summed E-state index contributed by atoms with van der Waals surface area (Å²) >= 11 is 0. The summed E-state index contributed by atoms with van der Waals surface area (Å²) in [5.74, 6) is 0.506. The first-order valence-corrected chi connectivity index (χ1v) is 5.71. The van der Waals surface area contributed by atoms with E-state index in [0.717, 1.165) is 0 Å². The van der Waals surface area contributed by atoms with Crippen LogP contribution in [0.3, 0.4) is 0 Å². The second-order valence-corrected chi connectivity index (χ2v) is 5.17. The standard InChI is InChI=1S/C12H25NO2/c1-6-13(7-8-14)11(15)9-10(2)12(3,4)5/h10,14H,6-9H2,1-5H3. The molecule has 15 heavy (non-hydrogen) atoms. The zero-order valence-corrected chi connectivity index (χ0v) is 10.7. The van der Waals surface area contributed by atoms with E-state index in [9.17, 15) is 4.79 Å². The molecule has 0 radical (unpaired) electrons. The van der Waals surface area contributed by atoms with E-state index >= 15 is 0 Å². The van der Waals surface area contributed by atoms with Gasteiger partial charge in [-0.3, -0.25) is 4.79 Å². The summed E-state index contributed by atoms with van der Waals surface area (Å²) in [7, 11) is 0. The van der Waals surface area contributed by atoms with Gasteiger partial charge in [0.25, 0.3) is 0 Å². The van der Waals surface area contributed by atoms with Crippen molar-refractivity contribution in [1.82, 2.24) is 4.90 Å². The molecule has 0 aliphatic carbocycles. The highest BCUT2D eigenvalue weighted by molar-refractivity contribution is 5.76. The Morgan fingerprint density at radius 2 is 1.93 bits per heavy atom. The van der Waals surface area contributed by atoms with Gasteiger partial charge in [-0.2, -0.15) is 0 Å². The van der Waals surface area contributed by atoms with Crippen LogP contribution in [0.2, 0.25) is 0 Å². The molecule has 1 amide bonds. The van der Waals surface area contributed by atoms with Gasteiger partial charge in [-0.25, -0.2) is 0 Å². The fraction of sp³-hybridized carbons (Fsp3) is 0.917. The Balaban J connectivity index is 4.22. The molecule has 0 aliphatic rings. The zero-order chi connectivity index (χ0) is 12.1. The number of amides is 1. The normalized spacial score (nSPS) is 13.7. The molecule has 0 bridgehead atoms. The van der Waals surface area contributed by atoms with E-state index in [-0.39, 0.29) is 17.9 Å². The van der Waals surface area contributed by atoms with E-state index in [0.29, 0.717) is 25.4 Å². The fourth-order valence-corrected chi connectivity index (χ4v) is 1.28. The Labute approximate surface area is 93.5 Å². The van der Waals surface area contributed by atoms with E-state index in [1.165, 1.54) is 0 Å². The van der Waals surface area contributed by atoms with Crippen molar-refractivity contribution in [3.63, 3.8) is 0 Å². The fourth-order valence-electron chi connectivity index (χ4n) is 1.28. The summed E-state index contributed by atoms with van der Waals surface area (Å²) in [6.07, 6.45) is 0.567. The maximum absolute atomic E-state index is 11.8. The van der Waals surface area contributed by atoms with Crippen LogP contribution in [0.1, 0.15) is 41.0 Å². The van der Waals surface area contributed by atoms with Crippen molar-refractivity contribution < 1.29 is 9.90 Å². The van der Waals surface area contributed by atoms with Gasteiger partial charge in [-0.05, 0) is 18.3 Å². The molecule has 0 rings (SSSR count). The summed E-state index contributed by atoms with van der Waals surface area (Å²) in [6.45, 7) is 11.7. The molecule has 0 spiro atoms. The number of nitrogens with zero attached hydrogens (tertiary/aromatic N) is 1. The molecular formula is C12H25NO2. The number of aliphatic hydroxyl groups is 1. The Morgan fingerprint density at radius 1 is 1.40 bits per heavy atom. The lowest BCUT2D eigenvalue weighted by Crippen LogP contribution is -2.35. The van der Waals surface area contributed by atoms with Crippen LogP contribution in [0, 0.1) is 11.3 Å². The molecule has 3 nitrogen and oxygen atoms in total. The maximum atomic E-state index is 11.8. The third kappa shape index (κ3) is 5.17. The van der Waals surface area contributed by atoms with Crippen molar-refractivity contribution in [3.05, 3.63) is 0 Å². The lowest BCUT2D eigenvalue weighted by Gasteiger charge is -2.29. The molecule has 1 N–H and O–H groups in total. The molecule has 1 unspecified atom stereocenters. The van der Waals surface area contributed by atoms with Gasteiger partial charge in [0.15, 0.2) is 0 Å². The van der Waals surface area contributed by atoms with Crippen molar-refractivity contribution in [2.75, 3.05) is 19.7 Å². The van der Waals surface area contributed by atoms with Crippen LogP contribution in [0.15, 0.2) is 0 Å². The number of likely N-dealkylation sites (N-methyl/N-ethyl adjacent to an activating group) is 1. The highest BCUT2D eigenvalue weighted by Crippen LogP contribution is 2.28.